The molecule has 0 saturated carbocycles. The van der Waals surface area contributed by atoms with Gasteiger partial charge in [0.05, 0.1) is 25.3 Å². The predicted octanol–water partition coefficient (Wildman–Crippen LogP) is 9.13. The van der Waals surface area contributed by atoms with Gasteiger partial charge in [0.1, 0.15) is 5.82 Å². The summed E-state index contributed by atoms with van der Waals surface area (Å²) in [6.45, 7) is 5.74. The molecule has 1 saturated heterocycles. The molecular weight excluding hydrogens is 623 g/mol. The molecule has 0 amide bonds. The summed E-state index contributed by atoms with van der Waals surface area (Å²) < 4.78 is 26.1. The standard InChI is InChI=1S/C39H57FN4O5/c1-3-4-5-6-7-8-9-10-11-12-13-14-15-18-36(45)48-34-17-16-24-43-38(34)41-29(2)32(39(43)46)23-27-44(47)25-21-30(22-26-44)37-33-20-19-31(40)28-35(33)49-42-37/h19-20,28,30,34H,3-18,21-27H2,1-2H3/t30?,34-,44?/m1/s1. The van der Waals surface area contributed by atoms with Gasteiger partial charge >= 0.3 is 5.97 Å². The van der Waals surface area contributed by atoms with Crippen molar-refractivity contribution in [2.24, 2.45) is 0 Å². The van der Waals surface area contributed by atoms with E-state index in [1.165, 1.54) is 76.3 Å². The van der Waals surface area contributed by atoms with Crippen LogP contribution < -0.4 is 5.56 Å². The molecule has 0 N–H and O–H groups in total. The van der Waals surface area contributed by atoms with Crippen molar-refractivity contribution in [3.63, 3.8) is 0 Å². The van der Waals surface area contributed by atoms with E-state index < -0.39 is 6.10 Å². The van der Waals surface area contributed by atoms with Crippen molar-refractivity contribution in [2.45, 2.75) is 154 Å². The maximum Gasteiger partial charge on any atom is 0.306 e. The number of unbranched alkanes of at least 4 members (excludes halogenated alkanes) is 12. The fraction of sp³-hybridized carbons (Fsp3) is 0.692. The first-order valence-corrected chi connectivity index (χ1v) is 19.2. The largest absolute Gasteiger partial charge is 0.633 e. The molecule has 2 aliphatic heterocycles. The number of rotatable bonds is 19. The first-order valence-electron chi connectivity index (χ1n) is 19.2. The molecule has 4 heterocycles. The highest BCUT2D eigenvalue weighted by atomic mass is 19.1. The minimum atomic E-state index is -0.510. The lowest BCUT2D eigenvalue weighted by atomic mass is 9.91. The van der Waals surface area contributed by atoms with Crippen LogP contribution in [-0.4, -0.2) is 45.0 Å². The molecule has 0 spiro atoms. The fourth-order valence-electron chi connectivity index (χ4n) is 7.73. The average Bonchev–Trinajstić information content (AvgIpc) is 3.50. The molecule has 2 aliphatic rings. The van der Waals surface area contributed by atoms with Crippen molar-refractivity contribution in [3.8, 4) is 0 Å². The second-order valence-electron chi connectivity index (χ2n) is 14.6. The van der Waals surface area contributed by atoms with Crippen LogP contribution >= 0.6 is 0 Å². The van der Waals surface area contributed by atoms with Crippen LogP contribution in [0.3, 0.4) is 0 Å². The van der Waals surface area contributed by atoms with Crippen LogP contribution in [-0.2, 0) is 22.5 Å². The molecule has 1 atom stereocenters. The molecule has 49 heavy (non-hydrogen) atoms. The Morgan fingerprint density at radius 1 is 1.00 bits per heavy atom. The first kappa shape index (κ1) is 37.2. The monoisotopic (exact) mass is 680 g/mol. The van der Waals surface area contributed by atoms with Gasteiger partial charge in [-0.1, -0.05) is 89.1 Å². The molecule has 0 aliphatic carbocycles. The second-order valence-corrected chi connectivity index (χ2v) is 14.6. The number of nitrogens with zero attached hydrogens (tertiary/aromatic N) is 4. The van der Waals surface area contributed by atoms with Gasteiger partial charge in [0, 0.05) is 60.9 Å². The van der Waals surface area contributed by atoms with E-state index in [2.05, 4.69) is 12.1 Å². The molecule has 10 heteroatoms. The van der Waals surface area contributed by atoms with Gasteiger partial charge in [0.2, 0.25) is 0 Å². The number of esters is 1. The van der Waals surface area contributed by atoms with Crippen molar-refractivity contribution in [3.05, 3.63) is 62.4 Å². The van der Waals surface area contributed by atoms with Gasteiger partial charge in [-0.3, -0.25) is 14.2 Å². The summed E-state index contributed by atoms with van der Waals surface area (Å²) in [5, 5.41) is 18.7. The number of ether oxygens (including phenoxy) is 1. The summed E-state index contributed by atoms with van der Waals surface area (Å²) in [6.07, 6.45) is 19.3. The molecule has 1 aromatic carbocycles. The van der Waals surface area contributed by atoms with Gasteiger partial charge < -0.3 is 19.1 Å². The van der Waals surface area contributed by atoms with E-state index in [1.807, 2.05) is 6.92 Å². The van der Waals surface area contributed by atoms with Crippen molar-refractivity contribution >= 4 is 16.9 Å². The number of aromatic nitrogens is 3. The predicted molar refractivity (Wildman–Crippen MR) is 189 cm³/mol. The normalized spacial score (nSPS) is 20.8. The zero-order valence-electron chi connectivity index (χ0n) is 29.9. The summed E-state index contributed by atoms with van der Waals surface area (Å²) in [7, 11) is 0. The van der Waals surface area contributed by atoms with Crippen molar-refractivity contribution in [1.82, 2.24) is 14.7 Å². The minimum Gasteiger partial charge on any atom is -0.633 e. The van der Waals surface area contributed by atoms with E-state index in [4.69, 9.17) is 14.2 Å². The molecule has 1 fully saturated rings. The molecule has 9 nitrogen and oxygen atoms in total. The molecule has 3 aromatic rings. The third-order valence-electron chi connectivity index (χ3n) is 10.8. The number of likely N-dealkylation sites (tertiary alicyclic amines) is 1. The quantitative estimate of drug-likeness (QED) is 0.0537. The summed E-state index contributed by atoms with van der Waals surface area (Å²) in [6, 6.07) is 4.43. The molecule has 5 rings (SSSR count). The van der Waals surface area contributed by atoms with Gasteiger partial charge in [-0.15, -0.1) is 0 Å². The van der Waals surface area contributed by atoms with Crippen molar-refractivity contribution < 1.29 is 23.1 Å². The number of piperidine rings is 1. The Balaban J connectivity index is 1.04. The number of hydrogen-bond acceptors (Lipinski definition) is 7. The van der Waals surface area contributed by atoms with E-state index in [0.717, 1.165) is 36.8 Å². The van der Waals surface area contributed by atoms with Gasteiger partial charge in [-0.05, 0) is 38.3 Å². The highest BCUT2D eigenvalue weighted by molar-refractivity contribution is 5.79. The van der Waals surface area contributed by atoms with Crippen LogP contribution in [0.2, 0.25) is 0 Å². The lowest BCUT2D eigenvalue weighted by Crippen LogP contribution is -2.49. The van der Waals surface area contributed by atoms with Gasteiger partial charge in [-0.25, -0.2) is 9.37 Å². The van der Waals surface area contributed by atoms with E-state index >= 15 is 0 Å². The summed E-state index contributed by atoms with van der Waals surface area (Å²) in [5.74, 6) is 0.0230. The van der Waals surface area contributed by atoms with Crippen LogP contribution in [0.4, 0.5) is 4.39 Å². The number of carbonyl (C=O) groups excluding carboxylic acids is 1. The topological polar surface area (TPSA) is 110 Å². The third kappa shape index (κ3) is 10.2. The maximum absolute atomic E-state index is 13.7. The van der Waals surface area contributed by atoms with E-state index in [0.29, 0.717) is 80.9 Å². The SMILES string of the molecule is CCCCCCCCCCCCCCCC(=O)O[C@@H]1CCCn2c1nc(C)c(CC[N+]1([O-])CCC(c3noc4cc(F)ccc34)CC1)c2=O. The number of hydrogen-bond donors (Lipinski definition) is 0. The number of fused-ring (bicyclic) bond motifs is 2. The van der Waals surface area contributed by atoms with E-state index in [-0.39, 0.29) is 27.9 Å². The Morgan fingerprint density at radius 3 is 2.33 bits per heavy atom. The summed E-state index contributed by atoms with van der Waals surface area (Å²) >= 11 is 0. The molecule has 270 valence electrons. The first-order chi connectivity index (χ1) is 23.8. The second kappa shape index (κ2) is 18.2. The molecule has 2 aromatic heterocycles. The van der Waals surface area contributed by atoms with Crippen LogP contribution in [0, 0.1) is 17.9 Å². The smallest absolute Gasteiger partial charge is 0.306 e. The fourth-order valence-corrected chi connectivity index (χ4v) is 7.73. The third-order valence-corrected chi connectivity index (χ3v) is 10.8. The zero-order valence-corrected chi connectivity index (χ0v) is 29.9. The molecular formula is C39H57FN4O5. The highest BCUT2D eigenvalue weighted by Gasteiger charge is 2.32. The van der Waals surface area contributed by atoms with Crippen molar-refractivity contribution in [1.29, 1.82) is 0 Å². The Bertz CT molecular complexity index is 1560. The van der Waals surface area contributed by atoms with Crippen molar-refractivity contribution in [2.75, 3.05) is 19.6 Å². The number of hydroxylamine groups is 3. The van der Waals surface area contributed by atoms with Crippen LogP contribution in [0.5, 0.6) is 0 Å². The number of halogens is 1. The Kier molecular flexibility index (Phi) is 13.8. The van der Waals surface area contributed by atoms with Crippen LogP contribution in [0.15, 0.2) is 27.5 Å². The van der Waals surface area contributed by atoms with Gasteiger partial charge in [0.25, 0.3) is 5.56 Å². The van der Waals surface area contributed by atoms with E-state index in [1.54, 1.807) is 10.6 Å². The summed E-state index contributed by atoms with van der Waals surface area (Å²) in [4.78, 5) is 31.2. The number of quaternary nitrogens is 1. The average molecular weight is 681 g/mol. The molecule has 0 bridgehead atoms. The lowest BCUT2D eigenvalue weighted by molar-refractivity contribution is -0.885. The number of carbonyl (C=O) groups is 1. The number of aryl methyl sites for hydroxylation is 1. The van der Waals surface area contributed by atoms with Crippen LogP contribution in [0.1, 0.15) is 157 Å². The lowest BCUT2D eigenvalue weighted by Gasteiger charge is -2.47. The Labute approximate surface area is 290 Å². The molecule has 0 radical (unpaired) electrons. The maximum atomic E-state index is 13.7. The zero-order chi connectivity index (χ0) is 34.6. The molecule has 0 unspecified atom stereocenters. The Morgan fingerprint density at radius 2 is 1.65 bits per heavy atom. The highest BCUT2D eigenvalue weighted by Crippen LogP contribution is 2.35. The van der Waals surface area contributed by atoms with Gasteiger partial charge in [0.15, 0.2) is 17.5 Å². The van der Waals surface area contributed by atoms with Crippen LogP contribution in [0.25, 0.3) is 11.0 Å². The number of benzene rings is 1. The van der Waals surface area contributed by atoms with Gasteiger partial charge in [-0.2, -0.15) is 0 Å². The van der Waals surface area contributed by atoms with E-state index in [9.17, 15) is 19.2 Å². The Hall–Kier alpha value is -3.11. The minimum absolute atomic E-state index is 0.0777. The summed E-state index contributed by atoms with van der Waals surface area (Å²) in [5.41, 5.74) is 2.27.